The Morgan fingerprint density at radius 1 is 1.08 bits per heavy atom. The molecule has 0 unspecified atom stereocenters. The molecule has 1 N–H and O–H groups in total. The summed E-state index contributed by atoms with van der Waals surface area (Å²) in [6, 6.07) is 10.7. The number of pyridine rings is 1. The van der Waals surface area contributed by atoms with Crippen molar-refractivity contribution in [2.75, 3.05) is 6.54 Å². The molecule has 0 spiro atoms. The topological polar surface area (TPSA) is 34.2 Å². The largest absolute Gasteiger partial charge is 0.370 e. The molecule has 3 nitrogen and oxygen atoms in total. The lowest BCUT2D eigenvalue weighted by Gasteiger charge is -2.52. The Balaban J connectivity index is 1.75. The first-order valence-corrected chi connectivity index (χ1v) is 10.4. The van der Waals surface area contributed by atoms with Crippen LogP contribution in [0.4, 0.5) is 0 Å². The summed E-state index contributed by atoms with van der Waals surface area (Å²) in [6.07, 6.45) is 5.00. The first kappa shape index (κ1) is 19.5. The lowest BCUT2D eigenvalue weighted by molar-refractivity contribution is -0.181. The zero-order valence-corrected chi connectivity index (χ0v) is 17.6. The van der Waals surface area contributed by atoms with Crippen LogP contribution in [0.15, 0.2) is 36.5 Å². The molecule has 1 fully saturated rings. The molecule has 0 bridgehead atoms. The number of rotatable bonds is 6. The Morgan fingerprint density at radius 2 is 1.81 bits per heavy atom. The highest BCUT2D eigenvalue weighted by atomic mass is 32.1. The minimum atomic E-state index is -0.149. The summed E-state index contributed by atoms with van der Waals surface area (Å²) in [5, 5.41) is 3.65. The first-order chi connectivity index (χ1) is 12.2. The highest BCUT2D eigenvalue weighted by molar-refractivity contribution is 7.11. The SMILES string of the molecule is Cc1ccc(CNCCC2(c3ccccn3)CC(C)(C)OC(C)(C)C2)s1. The van der Waals surface area contributed by atoms with Crippen LogP contribution >= 0.6 is 11.3 Å². The summed E-state index contributed by atoms with van der Waals surface area (Å²) in [7, 11) is 0. The maximum Gasteiger partial charge on any atom is 0.0642 e. The average Bonchev–Trinajstić information content (AvgIpc) is 2.95. The van der Waals surface area contributed by atoms with Crippen molar-refractivity contribution in [2.24, 2.45) is 0 Å². The number of aryl methyl sites for hydroxylation is 1. The number of hydrogen-bond acceptors (Lipinski definition) is 4. The van der Waals surface area contributed by atoms with Crippen LogP contribution in [0.1, 0.15) is 62.4 Å². The molecule has 4 heteroatoms. The fraction of sp³-hybridized carbons (Fsp3) is 0.591. The van der Waals surface area contributed by atoms with Crippen LogP contribution in [0, 0.1) is 6.92 Å². The van der Waals surface area contributed by atoms with Gasteiger partial charge in [0.05, 0.1) is 11.2 Å². The standard InChI is InChI=1S/C22H32N2OS/c1-17-9-10-18(26-17)14-23-13-11-22(19-8-6-7-12-24-19)15-20(2,3)25-21(4,5)16-22/h6-10,12,23H,11,13-16H2,1-5H3. The lowest BCUT2D eigenvalue weighted by atomic mass is 9.65. The summed E-state index contributed by atoms with van der Waals surface area (Å²) in [5.74, 6) is 0. The predicted molar refractivity (Wildman–Crippen MR) is 110 cm³/mol. The van der Waals surface area contributed by atoms with E-state index in [1.807, 2.05) is 23.6 Å². The molecule has 2 aromatic heterocycles. The number of hydrogen-bond donors (Lipinski definition) is 1. The van der Waals surface area contributed by atoms with Crippen LogP contribution < -0.4 is 5.32 Å². The van der Waals surface area contributed by atoms with Crippen LogP contribution in [0.2, 0.25) is 0 Å². The molecule has 0 atom stereocenters. The van der Waals surface area contributed by atoms with E-state index in [-0.39, 0.29) is 16.6 Å². The van der Waals surface area contributed by atoms with E-state index in [2.05, 4.69) is 64.2 Å². The van der Waals surface area contributed by atoms with Crippen molar-refractivity contribution in [3.05, 3.63) is 52.0 Å². The van der Waals surface area contributed by atoms with E-state index >= 15 is 0 Å². The van der Waals surface area contributed by atoms with E-state index in [0.717, 1.165) is 32.4 Å². The van der Waals surface area contributed by atoms with Gasteiger partial charge in [-0.25, -0.2) is 0 Å². The molecule has 1 aliphatic heterocycles. The van der Waals surface area contributed by atoms with Gasteiger partial charge in [0.2, 0.25) is 0 Å². The van der Waals surface area contributed by atoms with Crippen molar-refractivity contribution in [2.45, 2.75) is 77.0 Å². The quantitative estimate of drug-likeness (QED) is 0.704. The molecular weight excluding hydrogens is 340 g/mol. The summed E-state index contributed by atoms with van der Waals surface area (Å²) in [6.45, 7) is 13.0. The van der Waals surface area contributed by atoms with Crippen molar-refractivity contribution >= 4 is 11.3 Å². The van der Waals surface area contributed by atoms with E-state index in [4.69, 9.17) is 9.72 Å². The maximum absolute atomic E-state index is 6.37. The van der Waals surface area contributed by atoms with E-state index < -0.39 is 0 Å². The van der Waals surface area contributed by atoms with Crippen LogP contribution in [0.5, 0.6) is 0 Å². The van der Waals surface area contributed by atoms with Crippen LogP contribution in [-0.4, -0.2) is 22.7 Å². The number of aromatic nitrogens is 1. The van der Waals surface area contributed by atoms with Crippen molar-refractivity contribution in [1.82, 2.24) is 10.3 Å². The molecule has 0 saturated carbocycles. The molecule has 0 aromatic carbocycles. The third kappa shape index (κ3) is 4.73. The Hall–Kier alpha value is -1.23. The molecule has 1 aliphatic rings. The fourth-order valence-electron chi connectivity index (χ4n) is 4.79. The van der Waals surface area contributed by atoms with Gasteiger partial charge < -0.3 is 10.1 Å². The molecule has 26 heavy (non-hydrogen) atoms. The minimum Gasteiger partial charge on any atom is -0.370 e. The van der Waals surface area contributed by atoms with E-state index in [1.165, 1.54) is 15.4 Å². The highest BCUT2D eigenvalue weighted by Gasteiger charge is 2.49. The van der Waals surface area contributed by atoms with Crippen molar-refractivity contribution < 1.29 is 4.74 Å². The number of nitrogens with one attached hydrogen (secondary N) is 1. The molecule has 3 rings (SSSR count). The molecule has 1 saturated heterocycles. The highest BCUT2D eigenvalue weighted by Crippen LogP contribution is 2.49. The molecule has 0 radical (unpaired) electrons. The number of ether oxygens (including phenoxy) is 1. The van der Waals surface area contributed by atoms with Gasteiger partial charge >= 0.3 is 0 Å². The monoisotopic (exact) mass is 372 g/mol. The van der Waals surface area contributed by atoms with E-state index in [1.54, 1.807) is 0 Å². The Kier molecular flexibility index (Phi) is 5.57. The van der Waals surface area contributed by atoms with Crippen molar-refractivity contribution in [3.8, 4) is 0 Å². The normalized spacial score (nSPS) is 20.8. The van der Waals surface area contributed by atoms with Crippen molar-refractivity contribution in [1.29, 1.82) is 0 Å². The van der Waals surface area contributed by atoms with Crippen LogP contribution in [0.3, 0.4) is 0 Å². The molecule has 3 heterocycles. The lowest BCUT2D eigenvalue weighted by Crippen LogP contribution is -2.53. The van der Waals surface area contributed by atoms with Gasteiger partial charge in [0, 0.05) is 33.6 Å². The molecule has 0 aliphatic carbocycles. The summed E-state index contributed by atoms with van der Waals surface area (Å²) in [5.41, 5.74) is 0.956. The number of thiophene rings is 1. The van der Waals surface area contributed by atoms with Gasteiger partial charge in [-0.3, -0.25) is 4.98 Å². The third-order valence-electron chi connectivity index (χ3n) is 5.16. The zero-order chi connectivity index (χ0) is 18.8. The summed E-state index contributed by atoms with van der Waals surface area (Å²) >= 11 is 1.87. The van der Waals surface area contributed by atoms with Crippen LogP contribution in [0.25, 0.3) is 0 Å². The Morgan fingerprint density at radius 3 is 2.38 bits per heavy atom. The molecular formula is C22H32N2OS. The third-order valence-corrected chi connectivity index (χ3v) is 6.17. The second-order valence-corrected chi connectivity index (χ2v) is 10.3. The van der Waals surface area contributed by atoms with E-state index in [9.17, 15) is 0 Å². The van der Waals surface area contributed by atoms with Gasteiger partial charge in [-0.05, 0) is 84.7 Å². The van der Waals surface area contributed by atoms with Gasteiger partial charge in [-0.1, -0.05) is 6.07 Å². The van der Waals surface area contributed by atoms with Crippen molar-refractivity contribution in [3.63, 3.8) is 0 Å². The summed E-state index contributed by atoms with van der Waals surface area (Å²) < 4.78 is 6.37. The fourth-order valence-corrected chi connectivity index (χ4v) is 5.65. The smallest absolute Gasteiger partial charge is 0.0642 e. The van der Waals surface area contributed by atoms with Gasteiger partial charge in [0.15, 0.2) is 0 Å². The predicted octanol–water partition coefficient (Wildman–Crippen LogP) is 5.24. The van der Waals surface area contributed by atoms with E-state index in [0.29, 0.717) is 0 Å². The minimum absolute atomic E-state index is 0.0465. The second-order valence-electron chi connectivity index (χ2n) is 8.91. The molecule has 142 valence electrons. The van der Waals surface area contributed by atoms with Gasteiger partial charge in [0.25, 0.3) is 0 Å². The Labute approximate surface area is 162 Å². The first-order valence-electron chi connectivity index (χ1n) is 9.58. The maximum atomic E-state index is 6.37. The van der Waals surface area contributed by atoms with Crippen LogP contribution in [-0.2, 0) is 16.7 Å². The molecule has 2 aromatic rings. The van der Waals surface area contributed by atoms with Gasteiger partial charge in [0.1, 0.15) is 0 Å². The zero-order valence-electron chi connectivity index (χ0n) is 16.8. The molecule has 0 amide bonds. The number of nitrogens with zero attached hydrogens (tertiary/aromatic N) is 1. The Bertz CT molecular complexity index is 705. The summed E-state index contributed by atoms with van der Waals surface area (Å²) in [4.78, 5) is 7.54. The average molecular weight is 373 g/mol. The van der Waals surface area contributed by atoms with Gasteiger partial charge in [-0.2, -0.15) is 0 Å². The van der Waals surface area contributed by atoms with Gasteiger partial charge in [-0.15, -0.1) is 11.3 Å². The second kappa shape index (κ2) is 7.41.